The number of carbonyl (C=O) groups is 1. The van der Waals surface area contributed by atoms with Gasteiger partial charge in [0.05, 0.1) is 11.6 Å². The van der Waals surface area contributed by atoms with Crippen LogP contribution in [0.15, 0.2) is 53.5 Å². The van der Waals surface area contributed by atoms with Gasteiger partial charge in [-0.15, -0.1) is 5.10 Å². The van der Waals surface area contributed by atoms with Crippen molar-refractivity contribution in [1.82, 2.24) is 19.9 Å². The largest absolute Gasteiger partial charge is 0.345 e. The number of halogens is 2. The van der Waals surface area contributed by atoms with Gasteiger partial charge in [0.2, 0.25) is 0 Å². The van der Waals surface area contributed by atoms with Crippen LogP contribution in [-0.4, -0.2) is 20.5 Å². The van der Waals surface area contributed by atoms with E-state index in [1.807, 2.05) is 39.0 Å². The van der Waals surface area contributed by atoms with Crippen LogP contribution in [-0.2, 0) is 0 Å². The van der Waals surface area contributed by atoms with Crippen molar-refractivity contribution in [1.29, 1.82) is 0 Å². The predicted molar refractivity (Wildman–Crippen MR) is 123 cm³/mol. The number of aromatic amines is 1. The molecule has 1 atom stereocenters. The van der Waals surface area contributed by atoms with E-state index in [1.54, 1.807) is 24.4 Å². The van der Waals surface area contributed by atoms with Gasteiger partial charge in [-0.25, -0.2) is 4.52 Å². The number of hydrogen-bond donors (Lipinski definition) is 2. The predicted octanol–water partition coefficient (Wildman–Crippen LogP) is 5.10. The minimum Gasteiger partial charge on any atom is -0.345 e. The second-order valence-electron chi connectivity index (χ2n) is 7.52. The highest BCUT2D eigenvalue weighted by Gasteiger charge is 2.17. The topological polar surface area (TPSA) is 79.3 Å². The summed E-state index contributed by atoms with van der Waals surface area (Å²) in [5.74, 6) is 0.0978. The Kier molecular flexibility index (Phi) is 5.60. The fourth-order valence-corrected chi connectivity index (χ4v) is 3.93. The molecule has 0 aliphatic rings. The van der Waals surface area contributed by atoms with E-state index < -0.39 is 0 Å². The van der Waals surface area contributed by atoms with Crippen LogP contribution >= 0.6 is 23.2 Å². The Morgan fingerprint density at radius 2 is 1.87 bits per heavy atom. The lowest BCUT2D eigenvalue weighted by molar-refractivity contribution is 0.0940. The molecule has 2 aromatic heterocycles. The zero-order valence-corrected chi connectivity index (χ0v) is 18.7. The lowest BCUT2D eigenvalue weighted by Gasteiger charge is -2.15. The van der Waals surface area contributed by atoms with Crippen molar-refractivity contribution in [3.8, 4) is 11.4 Å². The lowest BCUT2D eigenvalue weighted by atomic mass is 10.1. The van der Waals surface area contributed by atoms with E-state index in [9.17, 15) is 9.59 Å². The minimum absolute atomic E-state index is 0.287. The van der Waals surface area contributed by atoms with Crippen molar-refractivity contribution in [2.45, 2.75) is 26.8 Å². The molecular formula is C23H20Cl2N4O2. The second-order valence-corrected chi connectivity index (χ2v) is 8.36. The van der Waals surface area contributed by atoms with Crippen molar-refractivity contribution < 1.29 is 4.79 Å². The maximum absolute atomic E-state index is 12.8. The van der Waals surface area contributed by atoms with Gasteiger partial charge >= 0.3 is 0 Å². The maximum atomic E-state index is 12.8. The van der Waals surface area contributed by atoms with Crippen molar-refractivity contribution in [2.75, 3.05) is 0 Å². The molecule has 0 bridgehead atoms. The van der Waals surface area contributed by atoms with Crippen molar-refractivity contribution >= 4 is 34.6 Å². The molecule has 0 spiro atoms. The van der Waals surface area contributed by atoms with Crippen molar-refractivity contribution in [3.63, 3.8) is 0 Å². The molecule has 2 N–H and O–H groups in total. The molecule has 8 heteroatoms. The molecule has 0 saturated carbocycles. The first-order valence-corrected chi connectivity index (χ1v) is 10.4. The molecular weight excluding hydrogens is 435 g/mol. The molecule has 4 aromatic rings. The molecule has 2 heterocycles. The van der Waals surface area contributed by atoms with E-state index in [1.165, 1.54) is 10.6 Å². The smallest absolute Gasteiger partial charge is 0.275 e. The van der Waals surface area contributed by atoms with Gasteiger partial charge in [0.25, 0.3) is 11.5 Å². The van der Waals surface area contributed by atoms with E-state index >= 15 is 0 Å². The maximum Gasteiger partial charge on any atom is 0.275 e. The highest BCUT2D eigenvalue weighted by Crippen LogP contribution is 2.26. The SMILES string of the molecule is Cc1ccc(-c2nn3cc(C(=O)NC(C)c4ccc(Cl)cc4Cl)cc3c(=O)[nH]2)cc1C. The number of rotatable bonds is 4. The van der Waals surface area contributed by atoms with Crippen LogP contribution in [0.1, 0.15) is 40.0 Å². The summed E-state index contributed by atoms with van der Waals surface area (Å²) in [6, 6.07) is 12.1. The number of nitrogens with zero attached hydrogens (tertiary/aromatic N) is 2. The van der Waals surface area contributed by atoms with Gasteiger partial charge in [0, 0.05) is 21.8 Å². The summed E-state index contributed by atoms with van der Waals surface area (Å²) in [4.78, 5) is 28.2. The fourth-order valence-electron chi connectivity index (χ4n) is 3.36. The monoisotopic (exact) mass is 454 g/mol. The first kappa shape index (κ1) is 21.2. The number of H-pyrrole nitrogens is 1. The summed E-state index contributed by atoms with van der Waals surface area (Å²) in [6.45, 7) is 5.85. The molecule has 1 amide bonds. The van der Waals surface area contributed by atoms with Crippen LogP contribution in [0.5, 0.6) is 0 Å². The van der Waals surface area contributed by atoms with Crippen LogP contribution in [0, 0.1) is 13.8 Å². The first-order chi connectivity index (χ1) is 14.7. The Bertz CT molecular complexity index is 1370. The second kappa shape index (κ2) is 8.21. The third-order valence-electron chi connectivity index (χ3n) is 5.29. The Hall–Kier alpha value is -3.09. The van der Waals surface area contributed by atoms with Gasteiger partial charge in [-0.2, -0.15) is 0 Å². The Morgan fingerprint density at radius 1 is 1.10 bits per heavy atom. The molecule has 6 nitrogen and oxygen atoms in total. The first-order valence-electron chi connectivity index (χ1n) is 9.69. The van der Waals surface area contributed by atoms with E-state index in [0.717, 1.165) is 22.3 Å². The minimum atomic E-state index is -0.349. The summed E-state index contributed by atoms with van der Waals surface area (Å²) >= 11 is 12.2. The molecule has 0 aliphatic heterocycles. The summed E-state index contributed by atoms with van der Waals surface area (Å²) in [5.41, 5.74) is 4.09. The van der Waals surface area contributed by atoms with Crippen molar-refractivity contribution in [3.05, 3.63) is 91.3 Å². The van der Waals surface area contributed by atoms with E-state index in [4.69, 9.17) is 23.2 Å². The summed E-state index contributed by atoms with van der Waals surface area (Å²) in [5, 5.41) is 8.37. The van der Waals surface area contributed by atoms with Gasteiger partial charge in [0.15, 0.2) is 5.82 Å². The van der Waals surface area contributed by atoms with Crippen LogP contribution < -0.4 is 10.9 Å². The third kappa shape index (κ3) is 4.22. The van der Waals surface area contributed by atoms with E-state index in [0.29, 0.717) is 21.4 Å². The number of benzene rings is 2. The molecule has 0 aliphatic carbocycles. The Balaban J connectivity index is 1.64. The van der Waals surface area contributed by atoms with Crippen LogP contribution in [0.2, 0.25) is 10.0 Å². The molecule has 2 aromatic carbocycles. The highest BCUT2D eigenvalue weighted by molar-refractivity contribution is 6.35. The number of aromatic nitrogens is 3. The third-order valence-corrected chi connectivity index (χ3v) is 5.85. The fraction of sp³-hybridized carbons (Fsp3) is 0.174. The summed E-state index contributed by atoms with van der Waals surface area (Å²) in [6.07, 6.45) is 1.54. The number of fused-ring (bicyclic) bond motifs is 1. The van der Waals surface area contributed by atoms with Crippen molar-refractivity contribution in [2.24, 2.45) is 0 Å². The zero-order valence-electron chi connectivity index (χ0n) is 17.2. The molecule has 1 unspecified atom stereocenters. The quantitative estimate of drug-likeness (QED) is 0.449. The van der Waals surface area contributed by atoms with E-state index in [2.05, 4.69) is 15.4 Å². The Labute approximate surface area is 188 Å². The number of amides is 1. The van der Waals surface area contributed by atoms with Gasteiger partial charge in [-0.3, -0.25) is 9.59 Å². The van der Waals surface area contributed by atoms with Crippen LogP contribution in [0.25, 0.3) is 16.9 Å². The number of aryl methyl sites for hydroxylation is 2. The average Bonchev–Trinajstić information content (AvgIpc) is 3.15. The molecule has 0 saturated heterocycles. The highest BCUT2D eigenvalue weighted by atomic mass is 35.5. The molecule has 158 valence electrons. The van der Waals surface area contributed by atoms with Gasteiger partial charge in [-0.1, -0.05) is 41.4 Å². The summed E-state index contributed by atoms with van der Waals surface area (Å²) < 4.78 is 1.43. The zero-order chi connectivity index (χ0) is 22.3. The normalized spacial score (nSPS) is 12.2. The van der Waals surface area contributed by atoms with Gasteiger partial charge < -0.3 is 10.3 Å². The molecule has 0 fully saturated rings. The van der Waals surface area contributed by atoms with Crippen LogP contribution in [0.4, 0.5) is 0 Å². The van der Waals surface area contributed by atoms with Crippen LogP contribution in [0.3, 0.4) is 0 Å². The van der Waals surface area contributed by atoms with E-state index in [-0.39, 0.29) is 23.0 Å². The van der Waals surface area contributed by atoms with Gasteiger partial charge in [0.1, 0.15) is 5.52 Å². The molecule has 4 rings (SSSR count). The van der Waals surface area contributed by atoms with Gasteiger partial charge in [-0.05, 0) is 61.7 Å². The molecule has 31 heavy (non-hydrogen) atoms. The Morgan fingerprint density at radius 3 is 2.58 bits per heavy atom. The molecule has 0 radical (unpaired) electrons. The number of carbonyl (C=O) groups excluding carboxylic acids is 1. The number of nitrogens with one attached hydrogen (secondary N) is 2. The number of hydrogen-bond acceptors (Lipinski definition) is 3. The lowest BCUT2D eigenvalue weighted by Crippen LogP contribution is -2.26. The average molecular weight is 455 g/mol. The summed E-state index contributed by atoms with van der Waals surface area (Å²) in [7, 11) is 0. The standard InChI is InChI=1S/C23H20Cl2N4O2/c1-12-4-5-15(8-13(12)2)21-27-23(31)20-9-16(11-29(20)28-21)22(30)26-14(3)18-7-6-17(24)10-19(18)25/h4-11,14H,1-3H3,(H,26,30)(H,27,28,31).